The molecule has 2 aromatic carbocycles. The lowest BCUT2D eigenvalue weighted by atomic mass is 9.65. The van der Waals surface area contributed by atoms with Gasteiger partial charge in [-0.1, -0.05) is 6.92 Å². The highest BCUT2D eigenvalue weighted by atomic mass is 16.5. The molecular formula is C35H48N4O6. The minimum absolute atomic E-state index is 0.0732. The van der Waals surface area contributed by atoms with E-state index in [9.17, 15) is 19.5 Å². The number of aliphatic hydroxyl groups is 1. The molecule has 3 N–H and O–H groups in total. The first-order chi connectivity index (χ1) is 21.8. The van der Waals surface area contributed by atoms with Gasteiger partial charge in [-0.25, -0.2) is 0 Å². The zero-order chi connectivity index (χ0) is 32.2. The van der Waals surface area contributed by atoms with E-state index in [2.05, 4.69) is 29.4 Å². The molecule has 45 heavy (non-hydrogen) atoms. The van der Waals surface area contributed by atoms with Gasteiger partial charge in [-0.3, -0.25) is 14.4 Å². The molecule has 3 aliphatic heterocycles. The maximum atomic E-state index is 14.3. The Morgan fingerprint density at radius 1 is 0.933 bits per heavy atom. The van der Waals surface area contributed by atoms with Gasteiger partial charge in [0.1, 0.15) is 17.4 Å². The average molecular weight is 621 g/mol. The summed E-state index contributed by atoms with van der Waals surface area (Å²) < 4.78 is 12.4. The minimum Gasteiger partial charge on any atom is -0.494 e. The number of unbranched alkanes of at least 4 members (excludes halogenated alkanes) is 2. The summed E-state index contributed by atoms with van der Waals surface area (Å²) in [6.07, 6.45) is 3.65. The van der Waals surface area contributed by atoms with Gasteiger partial charge in [0, 0.05) is 43.3 Å². The van der Waals surface area contributed by atoms with Crippen LogP contribution in [-0.4, -0.2) is 77.8 Å². The van der Waals surface area contributed by atoms with Crippen molar-refractivity contribution in [1.82, 2.24) is 4.90 Å². The molecule has 3 amide bonds. The Balaban J connectivity index is 1.43. The molecule has 5 rings (SSSR count). The van der Waals surface area contributed by atoms with Crippen LogP contribution in [-0.2, 0) is 19.1 Å². The molecule has 10 heteroatoms. The van der Waals surface area contributed by atoms with Gasteiger partial charge in [0.05, 0.1) is 24.0 Å². The van der Waals surface area contributed by atoms with Crippen LogP contribution >= 0.6 is 0 Å². The number of nitrogens with zero attached hydrogens (tertiary/aromatic N) is 2. The summed E-state index contributed by atoms with van der Waals surface area (Å²) in [6, 6.07) is 14.1. The van der Waals surface area contributed by atoms with Crippen LogP contribution in [0.2, 0.25) is 0 Å². The monoisotopic (exact) mass is 620 g/mol. The number of likely N-dealkylation sites (tertiary alicyclic amines) is 1. The number of fused-ring (bicyclic) bond motifs is 1. The number of aliphatic hydroxyl groups excluding tert-OH is 1. The number of hydrogen-bond acceptors (Lipinski definition) is 7. The zero-order valence-electron chi connectivity index (χ0n) is 27.0. The zero-order valence-corrected chi connectivity index (χ0v) is 27.0. The summed E-state index contributed by atoms with van der Waals surface area (Å²) in [5.74, 6) is -1.58. The van der Waals surface area contributed by atoms with Crippen molar-refractivity contribution >= 4 is 34.8 Å². The van der Waals surface area contributed by atoms with Gasteiger partial charge in [-0.2, -0.15) is 0 Å². The number of amides is 3. The second-order valence-corrected chi connectivity index (χ2v) is 12.3. The highest BCUT2D eigenvalue weighted by molar-refractivity contribution is 6.05. The maximum absolute atomic E-state index is 14.3. The number of rotatable bonds is 15. The Bertz CT molecular complexity index is 1350. The van der Waals surface area contributed by atoms with E-state index in [-0.39, 0.29) is 24.3 Å². The third-order valence-electron chi connectivity index (χ3n) is 9.97. The van der Waals surface area contributed by atoms with Crippen LogP contribution < -0.4 is 20.3 Å². The van der Waals surface area contributed by atoms with Crippen molar-refractivity contribution in [2.75, 3.05) is 48.4 Å². The maximum Gasteiger partial charge on any atom is 0.250 e. The molecule has 10 nitrogen and oxygen atoms in total. The molecule has 3 fully saturated rings. The molecule has 2 unspecified atom stereocenters. The predicted octanol–water partition coefficient (Wildman–Crippen LogP) is 4.83. The number of ether oxygens (including phenoxy) is 2. The SMILES string of the molecule is CCOc1ccc(NC(=O)[C@H]2[C@H]3C(=O)N(CCCCCO)C(C(=O)Nc4ccc(N(CC)CC)cc4)C34CC[C@]2(CC)O4)cc1. The topological polar surface area (TPSA) is 120 Å². The summed E-state index contributed by atoms with van der Waals surface area (Å²) in [5.41, 5.74) is 0.396. The quantitative estimate of drug-likeness (QED) is 0.244. The van der Waals surface area contributed by atoms with E-state index < -0.39 is 29.1 Å². The number of hydrogen-bond donors (Lipinski definition) is 3. The lowest BCUT2D eigenvalue weighted by Gasteiger charge is -2.34. The molecule has 3 heterocycles. The van der Waals surface area contributed by atoms with Crippen molar-refractivity contribution in [2.24, 2.45) is 11.8 Å². The van der Waals surface area contributed by atoms with Crippen LogP contribution in [0.15, 0.2) is 48.5 Å². The van der Waals surface area contributed by atoms with Gasteiger partial charge in [-0.15, -0.1) is 0 Å². The van der Waals surface area contributed by atoms with Gasteiger partial charge >= 0.3 is 0 Å². The van der Waals surface area contributed by atoms with Crippen molar-refractivity contribution in [3.05, 3.63) is 48.5 Å². The predicted molar refractivity (Wildman–Crippen MR) is 174 cm³/mol. The minimum atomic E-state index is -1.10. The summed E-state index contributed by atoms with van der Waals surface area (Å²) in [6.45, 7) is 10.8. The van der Waals surface area contributed by atoms with Crippen molar-refractivity contribution in [2.45, 2.75) is 83.5 Å². The number of carbonyl (C=O) groups is 3. The highest BCUT2D eigenvalue weighted by Gasteiger charge is 2.78. The standard InChI is InChI=1S/C35H48N4O6/c1-5-34-20-21-35(45-34)29(28(34)31(41)36-25-14-18-27(19-15-25)44-8-4)33(43)39(22-10-9-11-23-40)30(35)32(42)37-24-12-16-26(17-13-24)38(6-2)7-3/h12-19,28-30,40H,5-11,20-23H2,1-4H3,(H,36,41)(H,37,42)/t28-,29+,30?,34+,35?/m1/s1. The van der Waals surface area contributed by atoms with Gasteiger partial charge < -0.3 is 35.0 Å². The summed E-state index contributed by atoms with van der Waals surface area (Å²) >= 11 is 0. The van der Waals surface area contributed by atoms with Crippen molar-refractivity contribution < 1.29 is 29.0 Å². The van der Waals surface area contributed by atoms with Crippen LogP contribution in [0.1, 0.15) is 66.2 Å². The Morgan fingerprint density at radius 3 is 2.18 bits per heavy atom. The molecule has 244 valence electrons. The van der Waals surface area contributed by atoms with Crippen molar-refractivity contribution in [3.8, 4) is 5.75 Å². The fourth-order valence-corrected chi connectivity index (χ4v) is 7.80. The normalized spacial score (nSPS) is 26.6. The first kappa shape index (κ1) is 32.8. The molecule has 0 saturated carbocycles. The van der Waals surface area contributed by atoms with E-state index >= 15 is 0 Å². The van der Waals surface area contributed by atoms with Gasteiger partial charge in [0.25, 0.3) is 0 Å². The van der Waals surface area contributed by atoms with Crippen LogP contribution in [0.4, 0.5) is 17.1 Å². The second-order valence-electron chi connectivity index (χ2n) is 12.3. The Labute approximate surface area is 266 Å². The second kappa shape index (κ2) is 13.8. The molecule has 3 aliphatic rings. The van der Waals surface area contributed by atoms with E-state index in [1.54, 1.807) is 29.2 Å². The average Bonchev–Trinajstić information content (AvgIpc) is 3.65. The van der Waals surface area contributed by atoms with E-state index in [1.165, 1.54) is 0 Å². The lowest BCUT2D eigenvalue weighted by molar-refractivity contribution is -0.144. The first-order valence-electron chi connectivity index (χ1n) is 16.6. The van der Waals surface area contributed by atoms with E-state index in [1.807, 2.05) is 38.1 Å². The summed E-state index contributed by atoms with van der Waals surface area (Å²) in [4.78, 5) is 46.5. The van der Waals surface area contributed by atoms with Gasteiger partial charge in [-0.05, 0) is 108 Å². The Hall–Kier alpha value is -3.63. The molecule has 0 aliphatic carbocycles. The third kappa shape index (κ3) is 6.02. The van der Waals surface area contributed by atoms with E-state index in [0.29, 0.717) is 62.4 Å². The fourth-order valence-electron chi connectivity index (χ4n) is 7.80. The molecule has 3 saturated heterocycles. The lowest BCUT2D eigenvalue weighted by Crippen LogP contribution is -2.53. The van der Waals surface area contributed by atoms with E-state index in [4.69, 9.17) is 9.47 Å². The van der Waals surface area contributed by atoms with Crippen LogP contribution in [0.25, 0.3) is 0 Å². The Morgan fingerprint density at radius 2 is 1.58 bits per heavy atom. The highest BCUT2D eigenvalue weighted by Crippen LogP contribution is 2.64. The largest absolute Gasteiger partial charge is 0.494 e. The first-order valence-corrected chi connectivity index (χ1v) is 16.6. The molecule has 0 aromatic heterocycles. The molecular weight excluding hydrogens is 572 g/mol. The van der Waals surface area contributed by atoms with Gasteiger partial charge in [0.15, 0.2) is 0 Å². The smallest absolute Gasteiger partial charge is 0.250 e. The fraction of sp³-hybridized carbons (Fsp3) is 0.571. The molecule has 5 atom stereocenters. The number of benzene rings is 2. The molecule has 1 spiro atoms. The summed E-state index contributed by atoms with van der Waals surface area (Å²) in [5, 5.41) is 15.4. The number of carbonyl (C=O) groups excluding carboxylic acids is 3. The third-order valence-corrected chi connectivity index (χ3v) is 9.97. The molecule has 2 bridgehead atoms. The van der Waals surface area contributed by atoms with Crippen molar-refractivity contribution in [1.29, 1.82) is 0 Å². The van der Waals surface area contributed by atoms with Crippen LogP contribution in [0.3, 0.4) is 0 Å². The summed E-state index contributed by atoms with van der Waals surface area (Å²) in [7, 11) is 0. The van der Waals surface area contributed by atoms with E-state index in [0.717, 1.165) is 25.2 Å². The molecule has 2 aromatic rings. The van der Waals surface area contributed by atoms with Crippen LogP contribution in [0.5, 0.6) is 5.75 Å². The van der Waals surface area contributed by atoms with Gasteiger partial charge in [0.2, 0.25) is 17.7 Å². The Kier molecular flexibility index (Phi) is 10.0. The number of nitrogens with one attached hydrogen (secondary N) is 2. The molecule has 0 radical (unpaired) electrons. The van der Waals surface area contributed by atoms with Crippen molar-refractivity contribution in [3.63, 3.8) is 0 Å². The van der Waals surface area contributed by atoms with Crippen LogP contribution in [0, 0.1) is 11.8 Å². The number of anilines is 3.